The molecule has 3 heterocycles. The Kier molecular flexibility index (Phi) is 6.38. The Hall–Kier alpha value is -5.07. The summed E-state index contributed by atoms with van der Waals surface area (Å²) in [6, 6.07) is 32.2. The van der Waals surface area contributed by atoms with Gasteiger partial charge in [-0.05, 0) is 82.8 Å². The van der Waals surface area contributed by atoms with Crippen molar-refractivity contribution in [3.63, 3.8) is 0 Å². The molecule has 0 aliphatic heterocycles. The summed E-state index contributed by atoms with van der Waals surface area (Å²) in [4.78, 5) is 8.06. The first-order valence-electron chi connectivity index (χ1n) is 13.7. The number of fused-ring (bicyclic) bond motifs is 2. The molecule has 0 amide bonds. The molecule has 41 heavy (non-hydrogen) atoms. The van der Waals surface area contributed by atoms with E-state index in [1.165, 1.54) is 5.56 Å². The summed E-state index contributed by atoms with van der Waals surface area (Å²) in [5.74, 6) is -0.232. The van der Waals surface area contributed by atoms with Gasteiger partial charge in [0, 0.05) is 47.3 Å². The SMILES string of the molecule is Cc1cc(F)cc(-c2cccc3[nH]c(-c4n[nH]c5ccc(-c6cncc(CNCc7ccccc7)c6)cc45)cc23)c1. The average molecular weight is 538 g/mol. The van der Waals surface area contributed by atoms with E-state index in [1.54, 1.807) is 12.1 Å². The fourth-order valence-electron chi connectivity index (χ4n) is 5.51. The normalized spacial score (nSPS) is 11.5. The molecule has 6 heteroatoms. The standard InChI is InChI=1S/C35H28FN5/c1-22-12-26(15-28(36)13-22)29-8-5-9-32-30(29)17-34(39-32)35-31-16-25(10-11-33(31)40-41-35)27-14-24(20-38-21-27)19-37-18-23-6-3-2-4-7-23/h2-17,20-21,37,39H,18-19H2,1H3,(H,40,41). The molecule has 3 aromatic heterocycles. The highest BCUT2D eigenvalue weighted by Crippen LogP contribution is 2.35. The third-order valence-electron chi connectivity index (χ3n) is 7.46. The molecule has 0 bridgehead atoms. The minimum absolute atomic E-state index is 0.232. The molecule has 200 valence electrons. The Morgan fingerprint density at radius 3 is 2.46 bits per heavy atom. The number of nitrogens with one attached hydrogen (secondary N) is 3. The highest BCUT2D eigenvalue weighted by atomic mass is 19.1. The number of H-pyrrole nitrogens is 2. The van der Waals surface area contributed by atoms with Crippen molar-refractivity contribution in [1.82, 2.24) is 25.5 Å². The molecular weight excluding hydrogens is 509 g/mol. The molecule has 5 nitrogen and oxygen atoms in total. The average Bonchev–Trinajstić information content (AvgIpc) is 3.61. The van der Waals surface area contributed by atoms with Crippen molar-refractivity contribution in [3.8, 4) is 33.6 Å². The molecular formula is C35H28FN5. The molecule has 3 N–H and O–H groups in total. The van der Waals surface area contributed by atoms with Gasteiger partial charge in [0.15, 0.2) is 0 Å². The third-order valence-corrected chi connectivity index (χ3v) is 7.46. The lowest BCUT2D eigenvalue weighted by Crippen LogP contribution is -2.12. The second kappa shape index (κ2) is 10.5. The first kappa shape index (κ1) is 24.9. The molecule has 0 fully saturated rings. The predicted octanol–water partition coefficient (Wildman–Crippen LogP) is 8.18. The molecule has 0 aliphatic rings. The minimum Gasteiger partial charge on any atom is -0.353 e. The van der Waals surface area contributed by atoms with Crippen LogP contribution in [0.25, 0.3) is 55.4 Å². The molecule has 7 aromatic rings. The largest absolute Gasteiger partial charge is 0.353 e. The van der Waals surface area contributed by atoms with E-state index in [0.29, 0.717) is 0 Å². The highest BCUT2D eigenvalue weighted by molar-refractivity contribution is 6.01. The Labute approximate surface area is 237 Å². The van der Waals surface area contributed by atoms with Gasteiger partial charge in [0.2, 0.25) is 0 Å². The topological polar surface area (TPSA) is 69.4 Å². The van der Waals surface area contributed by atoms with Gasteiger partial charge in [-0.1, -0.05) is 54.6 Å². The van der Waals surface area contributed by atoms with E-state index >= 15 is 0 Å². The number of nitrogens with zero attached hydrogens (tertiary/aromatic N) is 2. The smallest absolute Gasteiger partial charge is 0.124 e. The molecule has 0 unspecified atom stereocenters. The summed E-state index contributed by atoms with van der Waals surface area (Å²) in [5, 5.41) is 13.4. The lowest BCUT2D eigenvalue weighted by molar-refractivity contribution is 0.627. The zero-order valence-corrected chi connectivity index (χ0v) is 22.6. The predicted molar refractivity (Wildman–Crippen MR) is 164 cm³/mol. The van der Waals surface area contributed by atoms with Crippen LogP contribution >= 0.6 is 0 Å². The van der Waals surface area contributed by atoms with Gasteiger partial charge in [0.05, 0.1) is 11.2 Å². The Morgan fingerprint density at radius 2 is 1.59 bits per heavy atom. The van der Waals surface area contributed by atoms with Crippen molar-refractivity contribution in [2.24, 2.45) is 0 Å². The van der Waals surface area contributed by atoms with E-state index in [2.05, 4.69) is 80.1 Å². The van der Waals surface area contributed by atoms with Gasteiger partial charge in [-0.25, -0.2) is 4.39 Å². The van der Waals surface area contributed by atoms with Crippen LogP contribution in [0.1, 0.15) is 16.7 Å². The van der Waals surface area contributed by atoms with E-state index in [0.717, 1.165) is 79.7 Å². The molecule has 0 atom stereocenters. The summed E-state index contributed by atoms with van der Waals surface area (Å²) < 4.78 is 14.2. The Bertz CT molecular complexity index is 1980. The van der Waals surface area contributed by atoms with Crippen LogP contribution in [-0.4, -0.2) is 20.2 Å². The third kappa shape index (κ3) is 5.01. The van der Waals surface area contributed by atoms with Crippen LogP contribution in [0.3, 0.4) is 0 Å². The van der Waals surface area contributed by atoms with E-state index in [9.17, 15) is 4.39 Å². The fourth-order valence-corrected chi connectivity index (χ4v) is 5.51. The summed E-state index contributed by atoms with van der Waals surface area (Å²) in [6.45, 7) is 3.45. The summed E-state index contributed by atoms with van der Waals surface area (Å²) in [7, 11) is 0. The number of aromatic nitrogens is 4. The molecule has 0 saturated heterocycles. The summed E-state index contributed by atoms with van der Waals surface area (Å²) in [6.07, 6.45) is 3.81. The maximum absolute atomic E-state index is 14.2. The number of hydrogen-bond acceptors (Lipinski definition) is 3. The Morgan fingerprint density at radius 1 is 0.707 bits per heavy atom. The highest BCUT2D eigenvalue weighted by Gasteiger charge is 2.15. The monoisotopic (exact) mass is 537 g/mol. The van der Waals surface area contributed by atoms with Gasteiger partial charge in [0.1, 0.15) is 11.5 Å². The maximum Gasteiger partial charge on any atom is 0.124 e. The first-order valence-corrected chi connectivity index (χ1v) is 13.7. The quantitative estimate of drug-likeness (QED) is 0.192. The van der Waals surface area contributed by atoms with Gasteiger partial charge < -0.3 is 10.3 Å². The van der Waals surface area contributed by atoms with E-state index in [-0.39, 0.29) is 5.82 Å². The van der Waals surface area contributed by atoms with Gasteiger partial charge >= 0.3 is 0 Å². The summed E-state index contributed by atoms with van der Waals surface area (Å²) in [5.41, 5.74) is 10.9. The number of hydrogen-bond donors (Lipinski definition) is 3. The van der Waals surface area contributed by atoms with Crippen LogP contribution in [-0.2, 0) is 13.1 Å². The number of rotatable bonds is 7. The van der Waals surface area contributed by atoms with E-state index in [4.69, 9.17) is 0 Å². The minimum atomic E-state index is -0.232. The number of benzene rings is 4. The molecule has 4 aromatic carbocycles. The van der Waals surface area contributed by atoms with Crippen molar-refractivity contribution in [1.29, 1.82) is 0 Å². The van der Waals surface area contributed by atoms with Crippen LogP contribution < -0.4 is 5.32 Å². The van der Waals surface area contributed by atoms with Gasteiger partial charge in [-0.15, -0.1) is 0 Å². The Balaban J connectivity index is 1.21. The maximum atomic E-state index is 14.2. The van der Waals surface area contributed by atoms with Crippen molar-refractivity contribution in [2.75, 3.05) is 0 Å². The molecule has 7 rings (SSSR count). The second-order valence-corrected chi connectivity index (χ2v) is 10.5. The number of aryl methyl sites for hydroxylation is 1. The number of pyridine rings is 1. The van der Waals surface area contributed by atoms with Crippen molar-refractivity contribution < 1.29 is 4.39 Å². The van der Waals surface area contributed by atoms with Gasteiger partial charge in [0.25, 0.3) is 0 Å². The van der Waals surface area contributed by atoms with E-state index in [1.807, 2.05) is 49.6 Å². The van der Waals surface area contributed by atoms with E-state index < -0.39 is 0 Å². The molecule has 0 saturated carbocycles. The van der Waals surface area contributed by atoms with Crippen molar-refractivity contribution in [2.45, 2.75) is 20.0 Å². The number of halogens is 1. The van der Waals surface area contributed by atoms with Crippen LogP contribution in [0, 0.1) is 12.7 Å². The van der Waals surface area contributed by atoms with Gasteiger partial charge in [-0.3, -0.25) is 10.1 Å². The molecule has 0 spiro atoms. The van der Waals surface area contributed by atoms with Crippen LogP contribution in [0.2, 0.25) is 0 Å². The van der Waals surface area contributed by atoms with Crippen molar-refractivity contribution in [3.05, 3.63) is 132 Å². The molecule has 0 aliphatic carbocycles. The zero-order chi connectivity index (χ0) is 27.8. The van der Waals surface area contributed by atoms with Crippen LogP contribution in [0.15, 0.2) is 109 Å². The van der Waals surface area contributed by atoms with Crippen LogP contribution in [0.5, 0.6) is 0 Å². The first-order chi connectivity index (χ1) is 20.1. The second-order valence-electron chi connectivity index (χ2n) is 10.5. The number of aromatic amines is 2. The lowest BCUT2D eigenvalue weighted by atomic mass is 9.99. The lowest BCUT2D eigenvalue weighted by Gasteiger charge is -2.08. The van der Waals surface area contributed by atoms with Crippen LogP contribution in [0.4, 0.5) is 4.39 Å². The molecule has 0 radical (unpaired) electrons. The van der Waals surface area contributed by atoms with Crippen molar-refractivity contribution >= 4 is 21.8 Å². The fraction of sp³-hybridized carbons (Fsp3) is 0.0857. The summed E-state index contributed by atoms with van der Waals surface area (Å²) >= 11 is 0. The van der Waals surface area contributed by atoms with Gasteiger partial charge in [-0.2, -0.15) is 5.10 Å². The zero-order valence-electron chi connectivity index (χ0n) is 22.6.